The van der Waals surface area contributed by atoms with Gasteiger partial charge in [0.05, 0.1) is 16.4 Å². The molecule has 32 heavy (non-hydrogen) atoms. The van der Waals surface area contributed by atoms with E-state index in [9.17, 15) is 9.59 Å². The SMILES string of the molecule is CCOc1cc(/C=N/NC(=O)c2ccccc2)cc(I)c1OCC(=O)Nc1ccccc1. The van der Waals surface area contributed by atoms with Crippen molar-refractivity contribution >= 4 is 46.3 Å². The van der Waals surface area contributed by atoms with Gasteiger partial charge in [-0.1, -0.05) is 36.4 Å². The van der Waals surface area contributed by atoms with E-state index >= 15 is 0 Å². The van der Waals surface area contributed by atoms with Gasteiger partial charge >= 0.3 is 0 Å². The lowest BCUT2D eigenvalue weighted by Crippen LogP contribution is -2.20. The molecule has 0 fully saturated rings. The van der Waals surface area contributed by atoms with Gasteiger partial charge in [-0.15, -0.1) is 0 Å². The number of rotatable bonds is 9. The van der Waals surface area contributed by atoms with Gasteiger partial charge in [-0.05, 0) is 71.5 Å². The number of hydrogen-bond acceptors (Lipinski definition) is 5. The molecule has 0 saturated carbocycles. The van der Waals surface area contributed by atoms with Crippen molar-refractivity contribution in [1.82, 2.24) is 5.43 Å². The second-order valence-corrected chi connectivity index (χ2v) is 7.69. The molecule has 0 aliphatic rings. The van der Waals surface area contributed by atoms with Crippen molar-refractivity contribution in [3.05, 3.63) is 87.5 Å². The largest absolute Gasteiger partial charge is 0.490 e. The molecule has 0 aromatic heterocycles. The molecule has 3 aromatic rings. The minimum atomic E-state index is -0.300. The highest BCUT2D eigenvalue weighted by Crippen LogP contribution is 2.34. The first kappa shape index (κ1) is 23.3. The van der Waals surface area contributed by atoms with Gasteiger partial charge in [0, 0.05) is 11.3 Å². The fourth-order valence-corrected chi connectivity index (χ4v) is 3.52. The highest BCUT2D eigenvalue weighted by Gasteiger charge is 2.14. The molecule has 2 amide bonds. The van der Waals surface area contributed by atoms with Crippen molar-refractivity contribution in [2.75, 3.05) is 18.5 Å². The molecule has 2 N–H and O–H groups in total. The molecule has 7 nitrogen and oxygen atoms in total. The summed E-state index contributed by atoms with van der Waals surface area (Å²) in [6.07, 6.45) is 1.53. The van der Waals surface area contributed by atoms with Crippen molar-refractivity contribution in [3.63, 3.8) is 0 Å². The first-order chi connectivity index (χ1) is 15.6. The molecule has 0 saturated heterocycles. The van der Waals surface area contributed by atoms with Crippen LogP contribution in [0.1, 0.15) is 22.8 Å². The Bertz CT molecular complexity index is 1090. The average Bonchev–Trinajstić information content (AvgIpc) is 2.80. The average molecular weight is 543 g/mol. The molecule has 3 aromatic carbocycles. The highest BCUT2D eigenvalue weighted by molar-refractivity contribution is 14.1. The summed E-state index contributed by atoms with van der Waals surface area (Å²) in [5.41, 5.74) is 4.43. The first-order valence-electron chi connectivity index (χ1n) is 9.89. The normalized spacial score (nSPS) is 10.6. The second kappa shape index (κ2) is 11.8. The van der Waals surface area contributed by atoms with Crippen molar-refractivity contribution in [2.45, 2.75) is 6.92 Å². The number of hydrogen-bond donors (Lipinski definition) is 2. The molecule has 164 valence electrons. The van der Waals surface area contributed by atoms with Crippen LogP contribution in [0.4, 0.5) is 5.69 Å². The van der Waals surface area contributed by atoms with Crippen LogP contribution in [0.5, 0.6) is 11.5 Å². The van der Waals surface area contributed by atoms with Gasteiger partial charge < -0.3 is 14.8 Å². The van der Waals surface area contributed by atoms with Crippen LogP contribution in [0.15, 0.2) is 77.9 Å². The molecule has 0 unspecified atom stereocenters. The molecule has 0 spiro atoms. The molecule has 0 atom stereocenters. The van der Waals surface area contributed by atoms with Crippen LogP contribution in [-0.4, -0.2) is 31.2 Å². The van der Waals surface area contributed by atoms with Crippen LogP contribution in [-0.2, 0) is 4.79 Å². The Hall–Kier alpha value is -3.40. The Labute approximate surface area is 200 Å². The Morgan fingerprint density at radius 3 is 2.38 bits per heavy atom. The molecular formula is C24H22IN3O4. The number of hydrazone groups is 1. The zero-order valence-electron chi connectivity index (χ0n) is 17.4. The topological polar surface area (TPSA) is 89.0 Å². The number of amides is 2. The van der Waals surface area contributed by atoms with Gasteiger partial charge in [-0.3, -0.25) is 9.59 Å². The quantitative estimate of drug-likeness (QED) is 0.237. The molecular weight excluding hydrogens is 521 g/mol. The number of carbonyl (C=O) groups excluding carboxylic acids is 2. The first-order valence-corrected chi connectivity index (χ1v) is 11.0. The van der Waals surface area contributed by atoms with Crippen molar-refractivity contribution < 1.29 is 19.1 Å². The third-order valence-corrected chi connectivity index (χ3v) is 4.95. The number of benzene rings is 3. The third kappa shape index (κ3) is 6.81. The number of nitrogens with one attached hydrogen (secondary N) is 2. The van der Waals surface area contributed by atoms with E-state index in [0.29, 0.717) is 34.9 Å². The minimum Gasteiger partial charge on any atom is -0.490 e. The third-order valence-electron chi connectivity index (χ3n) is 4.15. The molecule has 0 bridgehead atoms. The van der Waals surface area contributed by atoms with E-state index in [1.165, 1.54) is 6.21 Å². The van der Waals surface area contributed by atoms with E-state index in [-0.39, 0.29) is 18.4 Å². The van der Waals surface area contributed by atoms with E-state index in [1.54, 1.807) is 42.5 Å². The van der Waals surface area contributed by atoms with Crippen LogP contribution >= 0.6 is 22.6 Å². The molecule has 0 radical (unpaired) electrons. The van der Waals surface area contributed by atoms with Crippen LogP contribution in [0.2, 0.25) is 0 Å². The monoisotopic (exact) mass is 543 g/mol. The maximum atomic E-state index is 12.2. The Morgan fingerprint density at radius 1 is 1.00 bits per heavy atom. The van der Waals surface area contributed by atoms with Gasteiger partial charge in [0.25, 0.3) is 11.8 Å². The van der Waals surface area contributed by atoms with Gasteiger partial charge in [0.15, 0.2) is 18.1 Å². The number of anilines is 1. The summed E-state index contributed by atoms with van der Waals surface area (Å²) in [6.45, 7) is 2.12. The lowest BCUT2D eigenvalue weighted by Gasteiger charge is -2.14. The van der Waals surface area contributed by atoms with Crippen molar-refractivity contribution in [1.29, 1.82) is 0 Å². The van der Waals surface area contributed by atoms with Crippen molar-refractivity contribution in [2.24, 2.45) is 5.10 Å². The summed E-state index contributed by atoms with van der Waals surface area (Å²) in [5, 5.41) is 6.80. The van der Waals surface area contributed by atoms with Crippen LogP contribution in [0.3, 0.4) is 0 Å². The predicted molar refractivity (Wildman–Crippen MR) is 132 cm³/mol. The highest BCUT2D eigenvalue weighted by atomic mass is 127. The fraction of sp³-hybridized carbons (Fsp3) is 0.125. The van der Waals surface area contributed by atoms with E-state index in [2.05, 4.69) is 38.4 Å². The summed E-state index contributed by atoms with van der Waals surface area (Å²) in [5.74, 6) is 0.388. The van der Waals surface area contributed by atoms with Gasteiger partial charge in [-0.25, -0.2) is 5.43 Å². The molecule has 0 aliphatic carbocycles. The Balaban J connectivity index is 1.66. The minimum absolute atomic E-state index is 0.161. The molecule has 0 heterocycles. The summed E-state index contributed by atoms with van der Waals surface area (Å²) < 4.78 is 12.2. The fourth-order valence-electron chi connectivity index (χ4n) is 2.74. The smallest absolute Gasteiger partial charge is 0.271 e. The van der Waals surface area contributed by atoms with Crippen LogP contribution in [0, 0.1) is 3.57 Å². The van der Waals surface area contributed by atoms with E-state index in [0.717, 1.165) is 3.57 Å². The predicted octanol–water partition coefficient (Wildman–Crippen LogP) is 4.47. The summed E-state index contributed by atoms with van der Waals surface area (Å²) >= 11 is 2.11. The number of para-hydroxylation sites is 1. The Morgan fingerprint density at radius 2 is 1.69 bits per heavy atom. The molecule has 0 aliphatic heterocycles. The maximum Gasteiger partial charge on any atom is 0.271 e. The van der Waals surface area contributed by atoms with Gasteiger partial charge in [0.2, 0.25) is 0 Å². The molecule has 3 rings (SSSR count). The van der Waals surface area contributed by atoms with Crippen molar-refractivity contribution in [3.8, 4) is 11.5 Å². The summed E-state index contributed by atoms with van der Waals surface area (Å²) in [4.78, 5) is 24.3. The van der Waals surface area contributed by atoms with Crippen LogP contribution < -0.4 is 20.2 Å². The summed E-state index contributed by atoms with van der Waals surface area (Å²) in [6, 6.07) is 21.6. The van der Waals surface area contributed by atoms with E-state index < -0.39 is 0 Å². The van der Waals surface area contributed by atoms with Gasteiger partial charge in [0.1, 0.15) is 0 Å². The number of halogens is 1. The molecule has 8 heteroatoms. The van der Waals surface area contributed by atoms with E-state index in [1.807, 2.05) is 37.3 Å². The maximum absolute atomic E-state index is 12.2. The van der Waals surface area contributed by atoms with E-state index in [4.69, 9.17) is 9.47 Å². The number of carbonyl (C=O) groups is 2. The lowest BCUT2D eigenvalue weighted by atomic mass is 10.2. The Kier molecular flexibility index (Phi) is 8.61. The van der Waals surface area contributed by atoms with Crippen LogP contribution in [0.25, 0.3) is 0 Å². The zero-order valence-corrected chi connectivity index (χ0v) is 19.5. The number of ether oxygens (including phenoxy) is 2. The van der Waals surface area contributed by atoms with Gasteiger partial charge in [-0.2, -0.15) is 5.10 Å². The number of nitrogens with zero attached hydrogens (tertiary/aromatic N) is 1. The summed E-state index contributed by atoms with van der Waals surface area (Å²) in [7, 11) is 0. The zero-order chi connectivity index (χ0) is 22.8. The lowest BCUT2D eigenvalue weighted by molar-refractivity contribution is -0.118. The second-order valence-electron chi connectivity index (χ2n) is 6.53. The standard InChI is InChI=1S/C24H22IN3O4/c1-2-31-21-14-17(15-26-28-24(30)18-9-5-3-6-10-18)13-20(25)23(21)32-16-22(29)27-19-11-7-4-8-12-19/h3-15H,2,16H2,1H3,(H,27,29)(H,28,30)/b26-15+.